The molecule has 0 amide bonds. The van der Waals surface area contributed by atoms with Gasteiger partial charge in [-0.15, -0.1) is 5.10 Å². The summed E-state index contributed by atoms with van der Waals surface area (Å²) in [5.41, 5.74) is 11.3. The van der Waals surface area contributed by atoms with Crippen LogP contribution in [-0.4, -0.2) is 37.8 Å². The number of nitrogens with two attached hydrogens (primary N) is 1. The highest BCUT2D eigenvalue weighted by Crippen LogP contribution is 2.50. The monoisotopic (exact) mass is 397 g/mol. The van der Waals surface area contributed by atoms with E-state index in [2.05, 4.69) is 44.2 Å². The van der Waals surface area contributed by atoms with E-state index in [-0.39, 0.29) is 11.5 Å². The van der Waals surface area contributed by atoms with Crippen LogP contribution in [0.2, 0.25) is 0 Å². The molecule has 1 aliphatic heterocycles. The van der Waals surface area contributed by atoms with E-state index in [9.17, 15) is 0 Å². The molecule has 4 heterocycles. The Morgan fingerprint density at radius 2 is 1.83 bits per heavy atom. The average Bonchev–Trinajstić information content (AvgIpc) is 3.34. The maximum atomic E-state index is 6.71. The van der Waals surface area contributed by atoms with Crippen LogP contribution in [0.3, 0.4) is 0 Å². The van der Waals surface area contributed by atoms with Crippen molar-refractivity contribution in [2.45, 2.75) is 25.3 Å². The third kappa shape index (κ3) is 2.69. The molecule has 30 heavy (non-hydrogen) atoms. The van der Waals surface area contributed by atoms with Crippen molar-refractivity contribution in [2.24, 2.45) is 11.1 Å². The van der Waals surface area contributed by atoms with E-state index in [1.807, 2.05) is 29.2 Å². The number of anilines is 1. The summed E-state index contributed by atoms with van der Waals surface area (Å²) < 4.78 is 1.82. The zero-order valence-corrected chi connectivity index (χ0v) is 16.6. The molecule has 7 heteroatoms. The number of nitrogens with zero attached hydrogens (tertiary/aromatic N) is 6. The topological polar surface area (TPSA) is 85.8 Å². The van der Waals surface area contributed by atoms with Crippen LogP contribution in [0.15, 0.2) is 61.2 Å². The van der Waals surface area contributed by atoms with Gasteiger partial charge in [0.1, 0.15) is 0 Å². The predicted molar refractivity (Wildman–Crippen MR) is 115 cm³/mol. The normalized spacial score (nSPS) is 20.0. The van der Waals surface area contributed by atoms with Gasteiger partial charge in [-0.2, -0.15) is 4.98 Å². The van der Waals surface area contributed by atoms with E-state index in [1.165, 1.54) is 11.1 Å². The van der Waals surface area contributed by atoms with Gasteiger partial charge in [-0.25, -0.2) is 9.67 Å². The van der Waals surface area contributed by atoms with Gasteiger partial charge in [0.25, 0.3) is 0 Å². The number of hydrogen-bond donors (Lipinski definition) is 1. The Labute approximate surface area is 174 Å². The minimum Gasteiger partial charge on any atom is -0.341 e. The van der Waals surface area contributed by atoms with Gasteiger partial charge in [-0.3, -0.25) is 4.98 Å². The first-order valence-electron chi connectivity index (χ1n) is 10.4. The molecule has 4 aromatic rings. The summed E-state index contributed by atoms with van der Waals surface area (Å²) in [5.74, 6) is 0.751. The molecule has 7 nitrogen and oxygen atoms in total. The first-order valence-corrected chi connectivity index (χ1v) is 10.4. The fourth-order valence-corrected chi connectivity index (χ4v) is 5.05. The van der Waals surface area contributed by atoms with E-state index in [1.54, 1.807) is 12.4 Å². The Morgan fingerprint density at radius 1 is 1.03 bits per heavy atom. The van der Waals surface area contributed by atoms with Crippen LogP contribution in [0.1, 0.15) is 30.0 Å². The van der Waals surface area contributed by atoms with E-state index >= 15 is 0 Å². The number of fused-ring (bicyclic) bond motifs is 2. The number of benzene rings is 1. The summed E-state index contributed by atoms with van der Waals surface area (Å²) in [5, 5.41) is 5.57. The summed E-state index contributed by atoms with van der Waals surface area (Å²) in [6.45, 7) is 1.83. The lowest BCUT2D eigenvalue weighted by Gasteiger charge is -2.42. The molecule has 3 aromatic heterocycles. The van der Waals surface area contributed by atoms with Crippen molar-refractivity contribution in [3.8, 4) is 5.69 Å². The van der Waals surface area contributed by atoms with Crippen molar-refractivity contribution in [2.75, 3.05) is 18.0 Å². The zero-order valence-electron chi connectivity index (χ0n) is 16.6. The molecular formula is C23H23N7. The summed E-state index contributed by atoms with van der Waals surface area (Å²) in [7, 11) is 0. The van der Waals surface area contributed by atoms with Crippen molar-refractivity contribution in [1.82, 2.24) is 24.7 Å². The molecule has 1 fully saturated rings. The van der Waals surface area contributed by atoms with Gasteiger partial charge < -0.3 is 10.6 Å². The third-order valence-electron chi connectivity index (χ3n) is 6.81. The predicted octanol–water partition coefficient (Wildman–Crippen LogP) is 3.05. The van der Waals surface area contributed by atoms with Crippen LogP contribution in [0.4, 0.5) is 5.95 Å². The Balaban J connectivity index is 1.23. The van der Waals surface area contributed by atoms with Crippen LogP contribution in [0.25, 0.3) is 16.7 Å². The summed E-state index contributed by atoms with van der Waals surface area (Å²) in [4.78, 5) is 15.7. The largest absolute Gasteiger partial charge is 0.341 e. The van der Waals surface area contributed by atoms with Crippen LogP contribution in [-0.2, 0) is 6.42 Å². The molecule has 0 saturated carbocycles. The van der Waals surface area contributed by atoms with Gasteiger partial charge in [-0.05, 0) is 47.9 Å². The molecule has 1 aliphatic carbocycles. The smallest absolute Gasteiger partial charge is 0.227 e. The summed E-state index contributed by atoms with van der Waals surface area (Å²) >= 11 is 0. The zero-order chi connectivity index (χ0) is 20.1. The second kappa shape index (κ2) is 6.60. The molecule has 0 unspecified atom stereocenters. The van der Waals surface area contributed by atoms with Crippen molar-refractivity contribution in [3.63, 3.8) is 0 Å². The third-order valence-corrected chi connectivity index (χ3v) is 6.81. The molecule has 6 rings (SSSR count). The molecule has 1 atom stereocenters. The molecule has 2 N–H and O–H groups in total. The summed E-state index contributed by atoms with van der Waals surface area (Å²) in [6.07, 6.45) is 10.5. The van der Waals surface area contributed by atoms with Gasteiger partial charge in [0, 0.05) is 43.9 Å². The van der Waals surface area contributed by atoms with Crippen molar-refractivity contribution >= 4 is 17.0 Å². The minimum absolute atomic E-state index is 0.121. The fraction of sp³-hybridized carbons (Fsp3) is 0.304. The lowest BCUT2D eigenvalue weighted by atomic mass is 9.73. The van der Waals surface area contributed by atoms with Crippen LogP contribution in [0, 0.1) is 5.41 Å². The number of piperidine rings is 1. The SMILES string of the molecule is N[C@@H]1c2ccccc2CC12CCN(c1ncc3cn(-c4ccncc4)nc3n1)CC2. The molecule has 1 spiro atoms. The Bertz CT molecular complexity index is 1210. The highest BCUT2D eigenvalue weighted by molar-refractivity contribution is 5.74. The van der Waals surface area contributed by atoms with Crippen LogP contribution < -0.4 is 10.6 Å². The molecule has 0 radical (unpaired) electrons. The summed E-state index contributed by atoms with van der Waals surface area (Å²) in [6, 6.07) is 12.6. The number of pyridine rings is 1. The van der Waals surface area contributed by atoms with Crippen molar-refractivity contribution in [1.29, 1.82) is 0 Å². The van der Waals surface area contributed by atoms with Gasteiger partial charge >= 0.3 is 0 Å². The fourth-order valence-electron chi connectivity index (χ4n) is 5.05. The molecule has 0 bridgehead atoms. The van der Waals surface area contributed by atoms with E-state index < -0.39 is 0 Å². The van der Waals surface area contributed by atoms with E-state index in [4.69, 9.17) is 10.7 Å². The number of rotatable bonds is 2. The Kier molecular flexibility index (Phi) is 3.86. The highest BCUT2D eigenvalue weighted by atomic mass is 15.3. The molecule has 150 valence electrons. The number of aromatic nitrogens is 5. The number of hydrogen-bond acceptors (Lipinski definition) is 6. The standard InChI is InChI=1S/C23H23N7/c24-20-19-4-2-1-3-16(19)13-23(20)7-11-29(12-8-23)22-26-14-17-15-30(28-21(17)27-22)18-5-9-25-10-6-18/h1-6,9-10,14-15,20H,7-8,11-13,24H2/t20-/m1/s1. The van der Waals surface area contributed by atoms with Crippen molar-refractivity contribution < 1.29 is 0 Å². The van der Waals surface area contributed by atoms with E-state index in [0.717, 1.165) is 49.4 Å². The van der Waals surface area contributed by atoms with Gasteiger partial charge in [-0.1, -0.05) is 24.3 Å². The quantitative estimate of drug-likeness (QED) is 0.560. The van der Waals surface area contributed by atoms with Crippen LogP contribution >= 0.6 is 0 Å². The minimum atomic E-state index is 0.121. The van der Waals surface area contributed by atoms with Crippen molar-refractivity contribution in [3.05, 3.63) is 72.3 Å². The molecular weight excluding hydrogens is 374 g/mol. The van der Waals surface area contributed by atoms with Gasteiger partial charge in [0.15, 0.2) is 5.65 Å². The second-order valence-corrected chi connectivity index (χ2v) is 8.43. The first-order chi connectivity index (χ1) is 14.7. The maximum absolute atomic E-state index is 6.71. The second-order valence-electron chi connectivity index (χ2n) is 8.43. The van der Waals surface area contributed by atoms with Gasteiger partial charge in [0.05, 0.1) is 11.1 Å². The van der Waals surface area contributed by atoms with Gasteiger partial charge in [0.2, 0.25) is 5.95 Å². The highest BCUT2D eigenvalue weighted by Gasteiger charge is 2.46. The molecule has 1 saturated heterocycles. The Morgan fingerprint density at radius 3 is 2.63 bits per heavy atom. The maximum Gasteiger partial charge on any atom is 0.227 e. The molecule has 1 aromatic carbocycles. The Hall–Kier alpha value is -3.32. The van der Waals surface area contributed by atoms with Crippen LogP contribution in [0.5, 0.6) is 0 Å². The molecule has 2 aliphatic rings. The lowest BCUT2D eigenvalue weighted by Crippen LogP contribution is -2.44. The first kappa shape index (κ1) is 17.5. The van der Waals surface area contributed by atoms with E-state index in [0.29, 0.717) is 5.65 Å². The lowest BCUT2D eigenvalue weighted by molar-refractivity contribution is 0.187. The average molecular weight is 397 g/mol.